The SMILES string of the molecule is N#CC(CC(=O)[O-])C(=O)[O-]. The molecule has 0 bridgehead atoms. The van der Waals surface area contributed by atoms with Gasteiger partial charge in [-0.15, -0.1) is 0 Å². The summed E-state index contributed by atoms with van der Waals surface area (Å²) in [5.41, 5.74) is 0. The molecule has 0 rings (SSSR count). The van der Waals surface area contributed by atoms with Crippen LogP contribution in [0.3, 0.4) is 0 Å². The summed E-state index contributed by atoms with van der Waals surface area (Å²) in [6.07, 6.45) is -0.821. The summed E-state index contributed by atoms with van der Waals surface area (Å²) in [5.74, 6) is -4.87. The average Bonchev–Trinajstić information content (AvgIpc) is 1.81. The standard InChI is InChI=1S/C5H5NO4/c6-2-3(5(9)10)1-4(7)8/h3H,1H2,(H,7,8)(H,9,10)/p-2. The largest absolute Gasteiger partial charge is 0.550 e. The Bertz CT molecular complexity index is 192. The minimum atomic E-state index is -1.69. The van der Waals surface area contributed by atoms with E-state index in [4.69, 9.17) is 5.26 Å². The first-order chi connectivity index (χ1) is 4.57. The molecule has 0 fully saturated rings. The predicted octanol–water partition coefficient (Wildman–Crippen LogP) is -2.98. The highest BCUT2D eigenvalue weighted by atomic mass is 16.4. The Morgan fingerprint density at radius 1 is 1.50 bits per heavy atom. The van der Waals surface area contributed by atoms with Crippen LogP contribution < -0.4 is 10.2 Å². The molecule has 0 aliphatic rings. The number of carbonyl (C=O) groups excluding carboxylic acids is 2. The fraction of sp³-hybridized carbons (Fsp3) is 0.400. The van der Waals surface area contributed by atoms with Gasteiger partial charge in [-0.25, -0.2) is 0 Å². The van der Waals surface area contributed by atoms with Gasteiger partial charge >= 0.3 is 0 Å². The van der Waals surface area contributed by atoms with Crippen LogP contribution in [-0.4, -0.2) is 11.9 Å². The lowest BCUT2D eigenvalue weighted by Crippen LogP contribution is -2.35. The normalized spacial score (nSPS) is 11.5. The van der Waals surface area contributed by atoms with E-state index in [-0.39, 0.29) is 0 Å². The summed E-state index contributed by atoms with van der Waals surface area (Å²) in [6, 6.07) is 1.25. The maximum absolute atomic E-state index is 9.84. The molecule has 0 spiro atoms. The highest BCUT2D eigenvalue weighted by Gasteiger charge is 2.07. The summed E-state index contributed by atoms with van der Waals surface area (Å²) in [7, 11) is 0. The van der Waals surface area contributed by atoms with Gasteiger partial charge in [-0.1, -0.05) is 0 Å². The summed E-state index contributed by atoms with van der Waals surface area (Å²) < 4.78 is 0. The maximum atomic E-state index is 9.84. The number of aliphatic carboxylic acids is 2. The number of hydrogen-bond donors (Lipinski definition) is 0. The van der Waals surface area contributed by atoms with E-state index in [2.05, 4.69) is 0 Å². The number of nitriles is 1. The van der Waals surface area contributed by atoms with Gasteiger partial charge in [0.1, 0.15) is 0 Å². The zero-order chi connectivity index (χ0) is 8.15. The third kappa shape index (κ3) is 2.67. The third-order valence-corrected chi connectivity index (χ3v) is 0.811. The van der Waals surface area contributed by atoms with Crippen LogP contribution in [-0.2, 0) is 9.59 Å². The molecule has 0 aliphatic heterocycles. The third-order valence-electron chi connectivity index (χ3n) is 0.811. The minimum Gasteiger partial charge on any atom is -0.550 e. The first-order valence-corrected chi connectivity index (χ1v) is 2.38. The molecule has 0 aromatic rings. The highest BCUT2D eigenvalue weighted by Crippen LogP contribution is 1.97. The summed E-state index contributed by atoms with van der Waals surface area (Å²) >= 11 is 0. The van der Waals surface area contributed by atoms with Crippen LogP contribution >= 0.6 is 0 Å². The predicted molar refractivity (Wildman–Crippen MR) is 23.7 cm³/mol. The average molecular weight is 141 g/mol. The number of carbonyl (C=O) groups is 2. The van der Waals surface area contributed by atoms with Gasteiger partial charge in [0.25, 0.3) is 0 Å². The molecule has 0 aromatic heterocycles. The van der Waals surface area contributed by atoms with E-state index in [1.54, 1.807) is 0 Å². The minimum absolute atomic E-state index is 0.821. The van der Waals surface area contributed by atoms with Crippen LogP contribution in [0.5, 0.6) is 0 Å². The van der Waals surface area contributed by atoms with Crippen LogP contribution in [0, 0.1) is 17.2 Å². The van der Waals surface area contributed by atoms with Crippen LogP contribution in [0.1, 0.15) is 6.42 Å². The van der Waals surface area contributed by atoms with E-state index < -0.39 is 24.3 Å². The molecule has 5 heteroatoms. The van der Waals surface area contributed by atoms with Crippen molar-refractivity contribution in [3.63, 3.8) is 0 Å². The number of nitrogens with zero attached hydrogens (tertiary/aromatic N) is 1. The van der Waals surface area contributed by atoms with Gasteiger partial charge in [0, 0.05) is 12.4 Å². The van der Waals surface area contributed by atoms with Gasteiger partial charge in [0.2, 0.25) is 0 Å². The molecule has 54 valence electrons. The molecule has 0 radical (unpaired) electrons. The van der Waals surface area contributed by atoms with E-state index in [0.29, 0.717) is 0 Å². The molecule has 0 aliphatic carbocycles. The number of hydrogen-bond acceptors (Lipinski definition) is 5. The zero-order valence-electron chi connectivity index (χ0n) is 4.86. The topological polar surface area (TPSA) is 104 Å². The van der Waals surface area contributed by atoms with Gasteiger partial charge in [-0.05, 0) is 0 Å². The molecule has 0 saturated heterocycles. The van der Waals surface area contributed by atoms with Crippen LogP contribution in [0.4, 0.5) is 0 Å². The Morgan fingerprint density at radius 2 is 2.00 bits per heavy atom. The lowest BCUT2D eigenvalue weighted by atomic mass is 10.1. The van der Waals surface area contributed by atoms with Gasteiger partial charge < -0.3 is 19.8 Å². The Morgan fingerprint density at radius 3 is 2.10 bits per heavy atom. The maximum Gasteiger partial charge on any atom is 0.0910 e. The van der Waals surface area contributed by atoms with Crippen molar-refractivity contribution in [2.75, 3.05) is 0 Å². The molecule has 0 amide bonds. The van der Waals surface area contributed by atoms with Crippen molar-refractivity contribution in [2.45, 2.75) is 6.42 Å². The summed E-state index contributed by atoms with van der Waals surface area (Å²) in [5, 5.41) is 27.5. The lowest BCUT2D eigenvalue weighted by Gasteiger charge is -2.08. The van der Waals surface area contributed by atoms with E-state index in [1.165, 1.54) is 6.07 Å². The molecule has 1 unspecified atom stereocenters. The van der Waals surface area contributed by atoms with Crippen molar-refractivity contribution in [2.24, 2.45) is 5.92 Å². The molecular formula is C5H3NO4-2. The van der Waals surface area contributed by atoms with Crippen LogP contribution in [0.25, 0.3) is 0 Å². The van der Waals surface area contributed by atoms with Gasteiger partial charge in [0.05, 0.1) is 18.0 Å². The number of carboxylic acid groups (broad SMARTS) is 2. The smallest absolute Gasteiger partial charge is 0.0910 e. The summed E-state index contributed by atoms with van der Waals surface area (Å²) in [6.45, 7) is 0. The monoisotopic (exact) mass is 141 g/mol. The van der Waals surface area contributed by atoms with Crippen molar-refractivity contribution in [3.8, 4) is 6.07 Å². The molecule has 5 nitrogen and oxygen atoms in total. The second kappa shape index (κ2) is 3.45. The fourth-order valence-corrected chi connectivity index (χ4v) is 0.348. The molecule has 0 saturated carbocycles. The van der Waals surface area contributed by atoms with Gasteiger partial charge in [-0.2, -0.15) is 5.26 Å². The van der Waals surface area contributed by atoms with Crippen LogP contribution in [0.15, 0.2) is 0 Å². The van der Waals surface area contributed by atoms with E-state index in [0.717, 1.165) is 0 Å². The fourth-order valence-electron chi connectivity index (χ4n) is 0.348. The zero-order valence-corrected chi connectivity index (χ0v) is 4.86. The molecule has 0 N–H and O–H groups in total. The van der Waals surface area contributed by atoms with Gasteiger partial charge in [-0.3, -0.25) is 0 Å². The van der Waals surface area contributed by atoms with Crippen molar-refractivity contribution in [1.29, 1.82) is 5.26 Å². The van der Waals surface area contributed by atoms with E-state index in [9.17, 15) is 19.8 Å². The highest BCUT2D eigenvalue weighted by molar-refractivity contribution is 5.77. The Hall–Kier alpha value is -1.57. The Labute approximate surface area is 56.5 Å². The van der Waals surface area contributed by atoms with Crippen molar-refractivity contribution in [3.05, 3.63) is 0 Å². The first kappa shape index (κ1) is 8.43. The second-order valence-corrected chi connectivity index (χ2v) is 1.58. The summed E-state index contributed by atoms with van der Waals surface area (Å²) in [4.78, 5) is 19.6. The first-order valence-electron chi connectivity index (χ1n) is 2.38. The van der Waals surface area contributed by atoms with Crippen molar-refractivity contribution >= 4 is 11.9 Å². The van der Waals surface area contributed by atoms with E-state index >= 15 is 0 Å². The number of rotatable bonds is 3. The van der Waals surface area contributed by atoms with Gasteiger partial charge in [0.15, 0.2) is 0 Å². The molecule has 10 heavy (non-hydrogen) atoms. The van der Waals surface area contributed by atoms with Crippen molar-refractivity contribution in [1.82, 2.24) is 0 Å². The molecule has 0 aromatic carbocycles. The lowest BCUT2D eigenvalue weighted by molar-refractivity contribution is -0.318. The van der Waals surface area contributed by atoms with E-state index in [1.807, 2.05) is 0 Å². The Balaban J connectivity index is 4.00. The number of carboxylic acids is 2. The Kier molecular flexibility index (Phi) is 2.91. The second-order valence-electron chi connectivity index (χ2n) is 1.58. The molecule has 0 heterocycles. The quantitative estimate of drug-likeness (QED) is 0.417. The molecule has 1 atom stereocenters. The van der Waals surface area contributed by atoms with Crippen LogP contribution in [0.2, 0.25) is 0 Å². The molecular weight excluding hydrogens is 138 g/mol. The van der Waals surface area contributed by atoms with Crippen molar-refractivity contribution < 1.29 is 19.8 Å².